The zero-order valence-electron chi connectivity index (χ0n) is 12.3. The zero-order valence-corrected chi connectivity index (χ0v) is 12.3. The smallest absolute Gasteiger partial charge is 0.378 e. The van der Waals surface area contributed by atoms with Gasteiger partial charge in [-0.25, -0.2) is 4.79 Å². The number of anilines is 1. The zero-order chi connectivity index (χ0) is 17.2. The summed E-state index contributed by atoms with van der Waals surface area (Å²) in [5.74, 6) is -1.57. The molecule has 24 heavy (non-hydrogen) atoms. The van der Waals surface area contributed by atoms with Gasteiger partial charge in [0, 0.05) is 24.3 Å². The van der Waals surface area contributed by atoms with Gasteiger partial charge in [0.05, 0.1) is 13.2 Å². The van der Waals surface area contributed by atoms with Crippen molar-refractivity contribution in [1.82, 2.24) is 15.0 Å². The average Bonchev–Trinajstić information content (AvgIpc) is 3.07. The number of hydrogen-bond donors (Lipinski definition) is 1. The molecule has 0 atom stereocenters. The first-order valence-corrected chi connectivity index (χ1v) is 7.08. The highest BCUT2D eigenvalue weighted by molar-refractivity contribution is 5.89. The van der Waals surface area contributed by atoms with Crippen LogP contribution in [0.4, 0.5) is 23.7 Å². The number of nitrogens with zero attached hydrogens (tertiary/aromatic N) is 3. The van der Waals surface area contributed by atoms with Crippen molar-refractivity contribution in [3.63, 3.8) is 0 Å². The van der Waals surface area contributed by atoms with E-state index >= 15 is 0 Å². The molecule has 1 aromatic heterocycles. The van der Waals surface area contributed by atoms with Gasteiger partial charge in [-0.15, -0.1) is 0 Å². The van der Waals surface area contributed by atoms with Crippen LogP contribution in [-0.4, -0.2) is 47.4 Å². The number of nitrogens with one attached hydrogen (secondary N) is 1. The Hall–Kier alpha value is -2.62. The first-order valence-electron chi connectivity index (χ1n) is 7.08. The number of alkyl halides is 3. The number of carbonyl (C=O) groups excluding carboxylic acids is 1. The van der Waals surface area contributed by atoms with E-state index in [4.69, 9.17) is 4.74 Å². The van der Waals surface area contributed by atoms with Crippen LogP contribution in [0.5, 0.6) is 0 Å². The van der Waals surface area contributed by atoms with Crippen LogP contribution in [-0.2, 0) is 10.9 Å². The van der Waals surface area contributed by atoms with E-state index in [0.717, 1.165) is 0 Å². The maximum atomic E-state index is 12.4. The van der Waals surface area contributed by atoms with E-state index in [9.17, 15) is 18.0 Å². The Balaban J connectivity index is 1.67. The van der Waals surface area contributed by atoms with Gasteiger partial charge >= 0.3 is 18.1 Å². The predicted molar refractivity (Wildman–Crippen MR) is 76.1 cm³/mol. The number of benzene rings is 1. The van der Waals surface area contributed by atoms with Crippen molar-refractivity contribution in [1.29, 1.82) is 0 Å². The third kappa shape index (κ3) is 3.65. The Morgan fingerprint density at radius 2 is 1.83 bits per heavy atom. The van der Waals surface area contributed by atoms with Gasteiger partial charge in [0.25, 0.3) is 0 Å². The second kappa shape index (κ2) is 6.48. The van der Waals surface area contributed by atoms with Gasteiger partial charge in [0.2, 0.25) is 5.82 Å². The lowest BCUT2D eigenvalue weighted by Crippen LogP contribution is -2.43. The maximum Gasteiger partial charge on any atom is 0.471 e. The lowest BCUT2D eigenvalue weighted by atomic mass is 10.2. The molecule has 2 heterocycles. The van der Waals surface area contributed by atoms with Crippen molar-refractivity contribution in [3.05, 3.63) is 30.2 Å². The van der Waals surface area contributed by atoms with E-state index in [2.05, 4.69) is 20.0 Å². The predicted octanol–water partition coefficient (Wildman–Crippen LogP) is 2.62. The molecule has 1 aliphatic heterocycles. The van der Waals surface area contributed by atoms with Crippen LogP contribution in [0.3, 0.4) is 0 Å². The topological polar surface area (TPSA) is 80.5 Å². The molecule has 3 rings (SSSR count). The summed E-state index contributed by atoms with van der Waals surface area (Å²) in [5, 5.41) is 6.01. The van der Waals surface area contributed by atoms with E-state index in [1.54, 1.807) is 17.0 Å². The van der Waals surface area contributed by atoms with Gasteiger partial charge in [-0.1, -0.05) is 5.16 Å². The van der Waals surface area contributed by atoms with Crippen LogP contribution in [0.25, 0.3) is 11.4 Å². The molecule has 128 valence electrons. The fourth-order valence-corrected chi connectivity index (χ4v) is 2.13. The van der Waals surface area contributed by atoms with Crippen molar-refractivity contribution in [2.45, 2.75) is 6.18 Å². The molecule has 2 amide bonds. The SMILES string of the molecule is O=C(Nc1ccc(-c2noc(C(F)(F)F)n2)cc1)N1CCOCC1. The summed E-state index contributed by atoms with van der Waals surface area (Å²) in [6.07, 6.45) is -4.68. The lowest BCUT2D eigenvalue weighted by Gasteiger charge is -2.26. The third-order valence-electron chi connectivity index (χ3n) is 3.36. The highest BCUT2D eigenvalue weighted by atomic mass is 19.4. The Labute approximate surface area is 134 Å². The quantitative estimate of drug-likeness (QED) is 0.907. The number of ether oxygens (including phenoxy) is 1. The van der Waals surface area contributed by atoms with Gasteiger partial charge in [0.15, 0.2) is 0 Å². The molecule has 1 aromatic carbocycles. The van der Waals surface area contributed by atoms with Crippen molar-refractivity contribution >= 4 is 11.7 Å². The molecule has 0 radical (unpaired) electrons. The molecule has 7 nitrogen and oxygen atoms in total. The van der Waals surface area contributed by atoms with Crippen LogP contribution >= 0.6 is 0 Å². The standard InChI is InChI=1S/C14H13F3N4O3/c15-14(16,17)12-19-11(20-24-12)9-1-3-10(4-2-9)18-13(22)21-5-7-23-8-6-21/h1-4H,5-8H2,(H,18,22). The fraction of sp³-hybridized carbons (Fsp3) is 0.357. The molecule has 0 saturated carbocycles. The minimum Gasteiger partial charge on any atom is -0.378 e. The summed E-state index contributed by atoms with van der Waals surface area (Å²) >= 11 is 0. The van der Waals surface area contributed by atoms with E-state index in [1.165, 1.54) is 12.1 Å². The molecule has 1 fully saturated rings. The van der Waals surface area contributed by atoms with Crippen LogP contribution in [0.2, 0.25) is 0 Å². The Kier molecular flexibility index (Phi) is 4.38. The summed E-state index contributed by atoms with van der Waals surface area (Å²) in [6.45, 7) is 2.00. The number of carbonyl (C=O) groups is 1. The van der Waals surface area contributed by atoms with Crippen molar-refractivity contribution in [3.8, 4) is 11.4 Å². The van der Waals surface area contributed by atoms with Crippen LogP contribution in [0.15, 0.2) is 28.8 Å². The number of rotatable bonds is 2. The molecule has 2 aromatic rings. The van der Waals surface area contributed by atoms with Gasteiger partial charge < -0.3 is 19.5 Å². The van der Waals surface area contributed by atoms with E-state index in [0.29, 0.717) is 37.6 Å². The highest BCUT2D eigenvalue weighted by Gasteiger charge is 2.38. The molecular formula is C14H13F3N4O3. The number of halogens is 3. The van der Waals surface area contributed by atoms with E-state index < -0.39 is 12.1 Å². The summed E-state index contributed by atoms with van der Waals surface area (Å²) in [4.78, 5) is 17.0. The largest absolute Gasteiger partial charge is 0.471 e. The Morgan fingerprint density at radius 3 is 2.42 bits per heavy atom. The molecule has 0 aliphatic carbocycles. The highest BCUT2D eigenvalue weighted by Crippen LogP contribution is 2.29. The minimum atomic E-state index is -4.68. The molecule has 0 spiro atoms. The molecule has 1 saturated heterocycles. The minimum absolute atomic E-state index is 0.173. The number of hydrogen-bond acceptors (Lipinski definition) is 5. The number of urea groups is 1. The monoisotopic (exact) mass is 342 g/mol. The van der Waals surface area contributed by atoms with Crippen LogP contribution in [0.1, 0.15) is 5.89 Å². The van der Waals surface area contributed by atoms with E-state index in [-0.39, 0.29) is 11.9 Å². The molecule has 0 unspecified atom stereocenters. The number of aromatic nitrogens is 2. The summed E-state index contributed by atoms with van der Waals surface area (Å²) < 4.78 is 46.7. The lowest BCUT2D eigenvalue weighted by molar-refractivity contribution is -0.159. The van der Waals surface area contributed by atoms with Crippen molar-refractivity contribution in [2.75, 3.05) is 31.6 Å². The Morgan fingerprint density at radius 1 is 1.17 bits per heavy atom. The second-order valence-corrected chi connectivity index (χ2v) is 5.03. The molecule has 0 bridgehead atoms. The number of morpholine rings is 1. The molecule has 10 heteroatoms. The first-order chi connectivity index (χ1) is 11.4. The van der Waals surface area contributed by atoms with Crippen molar-refractivity contribution in [2.24, 2.45) is 0 Å². The van der Waals surface area contributed by atoms with Gasteiger partial charge in [-0.3, -0.25) is 0 Å². The normalized spacial score (nSPS) is 15.4. The summed E-state index contributed by atoms with van der Waals surface area (Å²) in [6, 6.07) is 5.85. The van der Waals surface area contributed by atoms with Crippen LogP contribution < -0.4 is 5.32 Å². The number of amides is 2. The maximum absolute atomic E-state index is 12.4. The Bertz CT molecular complexity index is 709. The summed E-state index contributed by atoms with van der Waals surface area (Å²) in [7, 11) is 0. The van der Waals surface area contributed by atoms with Gasteiger partial charge in [-0.2, -0.15) is 18.2 Å². The fourth-order valence-electron chi connectivity index (χ4n) is 2.13. The molecule has 1 N–H and O–H groups in total. The first kappa shape index (κ1) is 16.2. The van der Waals surface area contributed by atoms with Gasteiger partial charge in [0.1, 0.15) is 0 Å². The molecular weight excluding hydrogens is 329 g/mol. The van der Waals surface area contributed by atoms with E-state index in [1.807, 2.05) is 0 Å². The average molecular weight is 342 g/mol. The van der Waals surface area contributed by atoms with Crippen LogP contribution in [0, 0.1) is 0 Å². The third-order valence-corrected chi connectivity index (χ3v) is 3.36. The van der Waals surface area contributed by atoms with Crippen molar-refractivity contribution < 1.29 is 27.2 Å². The molecule has 1 aliphatic rings. The second-order valence-electron chi connectivity index (χ2n) is 5.03. The summed E-state index contributed by atoms with van der Waals surface area (Å²) in [5.41, 5.74) is 0.855. The van der Waals surface area contributed by atoms with Gasteiger partial charge in [-0.05, 0) is 24.3 Å².